The number of aromatic nitrogens is 1. The average molecular weight is 399 g/mol. The fourth-order valence-corrected chi connectivity index (χ4v) is 4.20. The lowest BCUT2D eigenvalue weighted by atomic mass is 10.0. The van der Waals surface area contributed by atoms with Crippen LogP contribution in [0.15, 0.2) is 29.3 Å². The summed E-state index contributed by atoms with van der Waals surface area (Å²) in [7, 11) is -2.33. The highest BCUT2D eigenvalue weighted by atomic mass is 32.2. The third-order valence-electron chi connectivity index (χ3n) is 4.21. The van der Waals surface area contributed by atoms with E-state index in [2.05, 4.69) is 10.0 Å². The maximum absolute atomic E-state index is 13.5. The quantitative estimate of drug-likeness (QED) is 0.804. The monoisotopic (exact) mass is 399 g/mol. The fraction of sp³-hybridized carbons (Fsp3) is 0.353. The Kier molecular flexibility index (Phi) is 4.83. The molecule has 0 bridgehead atoms. The first kappa shape index (κ1) is 19.5. The zero-order chi connectivity index (χ0) is 20.0. The summed E-state index contributed by atoms with van der Waals surface area (Å²) in [6, 6.07) is 3.36. The number of carbonyl (C=O) groups is 1. The number of nitrogens with zero attached hydrogens (tertiary/aromatic N) is 1. The number of aryl methyl sites for hydroxylation is 2. The van der Waals surface area contributed by atoms with E-state index in [1.807, 2.05) is 0 Å². The second kappa shape index (κ2) is 6.70. The Labute approximate surface area is 155 Å². The molecular weight excluding hydrogens is 380 g/mol. The molecule has 1 amide bonds. The van der Waals surface area contributed by atoms with Crippen LogP contribution < -0.4 is 10.0 Å². The Hall–Kier alpha value is -2.30. The van der Waals surface area contributed by atoms with Gasteiger partial charge in [-0.1, -0.05) is 0 Å². The molecule has 1 aliphatic heterocycles. The van der Waals surface area contributed by atoms with E-state index in [4.69, 9.17) is 4.74 Å². The molecule has 146 valence electrons. The predicted molar refractivity (Wildman–Crippen MR) is 94.0 cm³/mol. The smallest absolute Gasteiger partial charge is 0.272 e. The van der Waals surface area contributed by atoms with Gasteiger partial charge in [-0.3, -0.25) is 4.79 Å². The summed E-state index contributed by atoms with van der Waals surface area (Å²) in [4.78, 5) is 12.4. The molecule has 0 spiro atoms. The number of ether oxygens (including phenoxy) is 1. The number of carbonyl (C=O) groups excluding carboxylic acids is 1. The van der Waals surface area contributed by atoms with Crippen LogP contribution in [-0.2, 0) is 21.8 Å². The first-order chi connectivity index (χ1) is 12.5. The van der Waals surface area contributed by atoms with Crippen LogP contribution in [0.5, 0.6) is 0 Å². The van der Waals surface area contributed by atoms with Crippen molar-refractivity contribution in [3.05, 3.63) is 47.3 Å². The molecule has 10 heteroatoms. The first-order valence-corrected chi connectivity index (χ1v) is 9.54. The summed E-state index contributed by atoms with van der Waals surface area (Å²) in [6.07, 6.45) is 1.30. The number of hydrogen-bond donors (Lipinski definition) is 2. The van der Waals surface area contributed by atoms with Crippen molar-refractivity contribution in [3.63, 3.8) is 0 Å². The van der Waals surface area contributed by atoms with E-state index in [0.29, 0.717) is 0 Å². The Bertz CT molecular complexity index is 990. The molecule has 0 atom stereocenters. The zero-order valence-electron chi connectivity index (χ0n) is 15.0. The summed E-state index contributed by atoms with van der Waals surface area (Å²) >= 11 is 0. The Balaban J connectivity index is 1.82. The normalized spacial score (nSPS) is 16.0. The number of halogens is 2. The van der Waals surface area contributed by atoms with Gasteiger partial charge in [-0.15, -0.1) is 0 Å². The van der Waals surface area contributed by atoms with Crippen LogP contribution >= 0.6 is 0 Å². The second-order valence-electron chi connectivity index (χ2n) is 6.87. The van der Waals surface area contributed by atoms with E-state index in [-0.39, 0.29) is 35.1 Å². The molecule has 2 heterocycles. The van der Waals surface area contributed by atoms with Crippen molar-refractivity contribution in [1.29, 1.82) is 0 Å². The first-order valence-electron chi connectivity index (χ1n) is 8.06. The van der Waals surface area contributed by atoms with E-state index >= 15 is 0 Å². The van der Waals surface area contributed by atoms with E-state index in [1.165, 1.54) is 36.9 Å². The van der Waals surface area contributed by atoms with Crippen molar-refractivity contribution in [2.75, 3.05) is 18.5 Å². The van der Waals surface area contributed by atoms with Crippen LogP contribution in [0.4, 0.5) is 14.5 Å². The Morgan fingerprint density at radius 2 is 1.93 bits per heavy atom. The minimum atomic E-state index is -3.85. The summed E-state index contributed by atoms with van der Waals surface area (Å²) in [5, 5.41) is 2.44. The molecule has 7 nitrogen and oxygen atoms in total. The van der Waals surface area contributed by atoms with Gasteiger partial charge in [0.2, 0.25) is 10.0 Å². The summed E-state index contributed by atoms with van der Waals surface area (Å²) in [5.74, 6) is -2.72. The van der Waals surface area contributed by atoms with Gasteiger partial charge in [-0.2, -0.15) is 0 Å². The van der Waals surface area contributed by atoms with Crippen molar-refractivity contribution in [1.82, 2.24) is 9.29 Å². The van der Waals surface area contributed by atoms with Crippen LogP contribution in [0.1, 0.15) is 23.0 Å². The Morgan fingerprint density at radius 1 is 1.26 bits per heavy atom. The fourth-order valence-electron chi connectivity index (χ4n) is 2.75. The highest BCUT2D eigenvalue weighted by molar-refractivity contribution is 7.89. The van der Waals surface area contributed by atoms with Gasteiger partial charge in [0.15, 0.2) is 11.6 Å². The SMILES string of the molecule is Cc1cc(NC(=O)c2cc(S(=O)(=O)NC3(C)COC3)cn2C)cc(F)c1F. The molecule has 2 N–H and O–H groups in total. The molecule has 0 saturated carbocycles. The highest BCUT2D eigenvalue weighted by Crippen LogP contribution is 2.22. The molecule has 1 fully saturated rings. The summed E-state index contributed by atoms with van der Waals surface area (Å²) in [5.41, 5.74) is -0.520. The molecule has 0 radical (unpaired) electrons. The molecule has 3 rings (SSSR count). The number of benzene rings is 1. The van der Waals surface area contributed by atoms with Gasteiger partial charge in [0.25, 0.3) is 5.91 Å². The lowest BCUT2D eigenvalue weighted by Gasteiger charge is -2.38. The van der Waals surface area contributed by atoms with Crippen LogP contribution in [-0.4, -0.2) is 37.6 Å². The van der Waals surface area contributed by atoms with Gasteiger partial charge >= 0.3 is 0 Å². The number of nitrogens with one attached hydrogen (secondary N) is 2. The van der Waals surface area contributed by atoms with Gasteiger partial charge < -0.3 is 14.6 Å². The highest BCUT2D eigenvalue weighted by Gasteiger charge is 2.38. The molecule has 1 saturated heterocycles. The van der Waals surface area contributed by atoms with E-state index in [1.54, 1.807) is 6.92 Å². The number of sulfonamides is 1. The van der Waals surface area contributed by atoms with Crippen molar-refractivity contribution < 1.29 is 26.7 Å². The van der Waals surface area contributed by atoms with Gasteiger partial charge in [-0.25, -0.2) is 21.9 Å². The summed E-state index contributed by atoms with van der Waals surface area (Å²) < 4.78 is 60.8. The van der Waals surface area contributed by atoms with Crippen molar-refractivity contribution in [3.8, 4) is 0 Å². The van der Waals surface area contributed by atoms with Gasteiger partial charge in [0, 0.05) is 25.0 Å². The number of rotatable bonds is 5. The molecular formula is C17H19F2N3O4S. The van der Waals surface area contributed by atoms with Crippen molar-refractivity contribution >= 4 is 21.6 Å². The summed E-state index contributed by atoms with van der Waals surface area (Å²) in [6.45, 7) is 3.62. The van der Waals surface area contributed by atoms with Crippen LogP contribution in [0.25, 0.3) is 0 Å². The predicted octanol–water partition coefficient (Wildman–Crippen LogP) is 1.93. The molecule has 0 unspecified atom stereocenters. The Morgan fingerprint density at radius 3 is 2.48 bits per heavy atom. The van der Waals surface area contributed by atoms with Crippen LogP contribution in [0, 0.1) is 18.6 Å². The third-order valence-corrected chi connectivity index (χ3v) is 5.82. The van der Waals surface area contributed by atoms with E-state index in [0.717, 1.165) is 6.07 Å². The number of anilines is 1. The standard InChI is InChI=1S/C17H19F2N3O4S/c1-10-4-11(5-13(18)15(10)19)20-16(23)14-6-12(7-22(14)3)27(24,25)21-17(2)8-26-9-17/h4-7,21H,8-9H2,1-3H3,(H,20,23). The molecule has 0 aliphatic carbocycles. The molecule has 1 aromatic heterocycles. The van der Waals surface area contributed by atoms with E-state index in [9.17, 15) is 22.0 Å². The van der Waals surface area contributed by atoms with Crippen molar-refractivity contribution in [2.45, 2.75) is 24.3 Å². The maximum atomic E-state index is 13.5. The van der Waals surface area contributed by atoms with Gasteiger partial charge in [0.1, 0.15) is 10.6 Å². The number of hydrogen-bond acceptors (Lipinski definition) is 4. The topological polar surface area (TPSA) is 89.4 Å². The maximum Gasteiger partial charge on any atom is 0.272 e. The largest absolute Gasteiger partial charge is 0.377 e. The third kappa shape index (κ3) is 3.87. The van der Waals surface area contributed by atoms with Crippen LogP contribution in [0.3, 0.4) is 0 Å². The van der Waals surface area contributed by atoms with Gasteiger partial charge in [0.05, 0.1) is 18.8 Å². The average Bonchev–Trinajstić information content (AvgIpc) is 2.93. The molecule has 1 aliphatic rings. The lowest BCUT2D eigenvalue weighted by Crippen LogP contribution is -2.59. The second-order valence-corrected chi connectivity index (χ2v) is 8.56. The van der Waals surface area contributed by atoms with E-state index < -0.39 is 33.1 Å². The van der Waals surface area contributed by atoms with Crippen molar-refractivity contribution in [2.24, 2.45) is 7.05 Å². The minimum absolute atomic E-state index is 0.0422. The zero-order valence-corrected chi connectivity index (χ0v) is 15.8. The lowest BCUT2D eigenvalue weighted by molar-refractivity contribution is -0.0523. The number of amides is 1. The minimum Gasteiger partial charge on any atom is -0.377 e. The molecule has 2 aromatic rings. The van der Waals surface area contributed by atoms with Crippen LogP contribution in [0.2, 0.25) is 0 Å². The molecule has 1 aromatic carbocycles. The molecule has 27 heavy (non-hydrogen) atoms. The van der Waals surface area contributed by atoms with Gasteiger partial charge in [-0.05, 0) is 31.5 Å².